The van der Waals surface area contributed by atoms with Crippen LogP contribution in [0.4, 0.5) is 4.39 Å². The van der Waals surface area contributed by atoms with Gasteiger partial charge in [-0.15, -0.1) is 0 Å². The quantitative estimate of drug-likeness (QED) is 0.572. The Morgan fingerprint density at radius 3 is 2.66 bits per heavy atom. The summed E-state index contributed by atoms with van der Waals surface area (Å²) in [6.07, 6.45) is 4.62. The second kappa shape index (κ2) is 9.76. The third kappa shape index (κ3) is 5.51. The number of fused-ring (bicyclic) bond motifs is 1. The van der Waals surface area contributed by atoms with E-state index in [1.807, 2.05) is 4.98 Å². The molecular formula is C18H30FN2O7P. The van der Waals surface area contributed by atoms with E-state index in [9.17, 15) is 18.9 Å². The number of H-pyrrole nitrogens is 1. The van der Waals surface area contributed by atoms with E-state index >= 15 is 0 Å². The Morgan fingerprint density at radius 1 is 1.31 bits per heavy atom. The number of hydrogen-bond acceptors (Lipinski definition) is 7. The molecule has 0 bridgehead atoms. The molecule has 0 amide bonds. The van der Waals surface area contributed by atoms with E-state index < -0.39 is 43.7 Å². The van der Waals surface area contributed by atoms with Crippen molar-refractivity contribution in [3.8, 4) is 0 Å². The van der Waals surface area contributed by atoms with Crippen molar-refractivity contribution in [2.24, 2.45) is 0 Å². The van der Waals surface area contributed by atoms with Gasteiger partial charge in [-0.1, -0.05) is 0 Å². The second-order valence-corrected chi connectivity index (χ2v) is 9.33. The van der Waals surface area contributed by atoms with Gasteiger partial charge in [0.25, 0.3) is 0 Å². The van der Waals surface area contributed by atoms with Gasteiger partial charge < -0.3 is 0 Å². The summed E-state index contributed by atoms with van der Waals surface area (Å²) in [4.78, 5) is 35.9. The Kier molecular flexibility index (Phi) is 7.58. The van der Waals surface area contributed by atoms with Gasteiger partial charge in [-0.2, -0.15) is 0 Å². The zero-order chi connectivity index (χ0) is 21.0. The fraction of sp³-hybridized carbons (Fsp3) is 0.778. The SMILES string of the molecule is CCCCC(CCCC)O[PH]1(O)OC[C@H]2O[C@@H](n3cc(F)c(=O)[nH]c3=O)C[C@@H]2O1. The summed E-state index contributed by atoms with van der Waals surface area (Å²) >= 11 is 0. The first-order valence-corrected chi connectivity index (χ1v) is 11.9. The minimum absolute atomic E-state index is 0.0543. The van der Waals surface area contributed by atoms with Crippen molar-refractivity contribution in [2.45, 2.75) is 83.3 Å². The molecule has 0 unspecified atom stereocenters. The first-order chi connectivity index (χ1) is 13.8. The zero-order valence-corrected chi connectivity index (χ0v) is 17.8. The molecule has 1 aromatic heterocycles. The van der Waals surface area contributed by atoms with Crippen molar-refractivity contribution in [1.29, 1.82) is 0 Å². The normalized spacial score (nSPS) is 27.1. The van der Waals surface area contributed by atoms with Crippen LogP contribution in [-0.2, 0) is 18.3 Å². The van der Waals surface area contributed by atoms with Crippen molar-refractivity contribution in [2.75, 3.05) is 6.61 Å². The van der Waals surface area contributed by atoms with Gasteiger partial charge in [0, 0.05) is 0 Å². The minimum atomic E-state index is -3.85. The number of aromatic amines is 1. The van der Waals surface area contributed by atoms with Crippen molar-refractivity contribution in [3.05, 3.63) is 32.9 Å². The summed E-state index contributed by atoms with van der Waals surface area (Å²) in [5.74, 6) is -1.08. The zero-order valence-electron chi connectivity index (χ0n) is 16.8. The van der Waals surface area contributed by atoms with Crippen LogP contribution in [0.25, 0.3) is 0 Å². The van der Waals surface area contributed by atoms with Gasteiger partial charge in [0.1, 0.15) is 0 Å². The van der Waals surface area contributed by atoms with Gasteiger partial charge >= 0.3 is 168 Å². The molecular weight excluding hydrogens is 406 g/mol. The number of ether oxygens (including phenoxy) is 1. The Hall–Kier alpha value is -1.16. The maximum absolute atomic E-state index is 13.6. The van der Waals surface area contributed by atoms with Crippen LogP contribution in [0, 0.1) is 5.82 Å². The monoisotopic (exact) mass is 436 g/mol. The van der Waals surface area contributed by atoms with Crippen LogP contribution in [0.2, 0.25) is 0 Å². The second-order valence-electron chi connectivity index (χ2n) is 7.52. The van der Waals surface area contributed by atoms with Gasteiger partial charge in [-0.3, -0.25) is 0 Å². The molecule has 2 aliphatic rings. The molecule has 3 rings (SSSR count). The molecule has 9 nitrogen and oxygen atoms in total. The molecule has 3 heterocycles. The summed E-state index contributed by atoms with van der Waals surface area (Å²) < 4.78 is 37.5. The summed E-state index contributed by atoms with van der Waals surface area (Å²) in [6, 6.07) is 0. The Labute approximate surface area is 168 Å². The van der Waals surface area contributed by atoms with Gasteiger partial charge in [-0.05, 0) is 0 Å². The van der Waals surface area contributed by atoms with Gasteiger partial charge in [0.15, 0.2) is 0 Å². The summed E-state index contributed by atoms with van der Waals surface area (Å²) in [5, 5.41) is 0. The van der Waals surface area contributed by atoms with E-state index in [1.165, 1.54) is 0 Å². The molecule has 29 heavy (non-hydrogen) atoms. The van der Waals surface area contributed by atoms with E-state index in [1.54, 1.807) is 0 Å². The van der Waals surface area contributed by atoms with Crippen molar-refractivity contribution in [1.82, 2.24) is 9.55 Å². The van der Waals surface area contributed by atoms with Crippen LogP contribution in [0.15, 0.2) is 15.8 Å². The third-order valence-electron chi connectivity index (χ3n) is 5.22. The van der Waals surface area contributed by atoms with Crippen LogP contribution in [0.5, 0.6) is 0 Å². The van der Waals surface area contributed by atoms with Gasteiger partial charge in [0.2, 0.25) is 0 Å². The van der Waals surface area contributed by atoms with Crippen LogP contribution in [0.3, 0.4) is 0 Å². The fourth-order valence-corrected chi connectivity index (χ4v) is 5.48. The molecule has 0 aliphatic carbocycles. The molecule has 2 fully saturated rings. The van der Waals surface area contributed by atoms with E-state index in [0.29, 0.717) is 0 Å². The summed E-state index contributed by atoms with van der Waals surface area (Å²) in [6.45, 7) is 4.25. The summed E-state index contributed by atoms with van der Waals surface area (Å²) in [7, 11) is -3.85. The topological polar surface area (TPSA) is 112 Å². The number of aromatic nitrogens is 2. The van der Waals surface area contributed by atoms with E-state index in [4.69, 9.17) is 18.3 Å². The first kappa shape index (κ1) is 22.5. The number of unbranched alkanes of at least 4 members (excludes halogenated alkanes) is 2. The van der Waals surface area contributed by atoms with Crippen LogP contribution in [0.1, 0.15) is 65.0 Å². The van der Waals surface area contributed by atoms with Crippen LogP contribution < -0.4 is 11.2 Å². The molecule has 0 saturated carbocycles. The number of halogens is 1. The molecule has 166 valence electrons. The standard InChI is InChI=1S/C18H30FN2O7P/c1-3-5-7-12(8-6-4-2)27-29(24)25-11-15-14(28-29)9-16(26-15)21-10-13(19)17(22)20-18(21)23/h10,12,14-16,24,29H,3-9,11H2,1-2H3,(H,20,22,23)/t14-,15+,16+/m0/s1. The average Bonchev–Trinajstić information content (AvgIpc) is 3.09. The van der Waals surface area contributed by atoms with E-state index in [2.05, 4.69) is 13.8 Å². The first-order valence-electron chi connectivity index (χ1n) is 10.2. The molecule has 2 saturated heterocycles. The fourth-order valence-electron chi connectivity index (χ4n) is 3.63. The molecule has 0 spiro atoms. The van der Waals surface area contributed by atoms with Crippen LogP contribution >= 0.6 is 8.17 Å². The molecule has 0 aromatic carbocycles. The number of nitrogens with one attached hydrogen (secondary N) is 1. The Balaban J connectivity index is 1.66. The van der Waals surface area contributed by atoms with E-state index in [0.717, 1.165) is 49.3 Å². The van der Waals surface area contributed by atoms with Crippen molar-refractivity contribution < 1.29 is 27.6 Å². The van der Waals surface area contributed by atoms with Gasteiger partial charge in [0.05, 0.1) is 0 Å². The predicted octanol–water partition coefficient (Wildman–Crippen LogP) is 2.55. The molecule has 2 N–H and O–H groups in total. The molecule has 3 atom stereocenters. The van der Waals surface area contributed by atoms with E-state index in [-0.39, 0.29) is 19.1 Å². The van der Waals surface area contributed by atoms with Gasteiger partial charge in [-0.25, -0.2) is 0 Å². The van der Waals surface area contributed by atoms with Crippen molar-refractivity contribution in [3.63, 3.8) is 0 Å². The number of nitrogens with zero attached hydrogens (tertiary/aromatic N) is 1. The molecule has 0 radical (unpaired) electrons. The summed E-state index contributed by atoms with van der Waals surface area (Å²) in [5.41, 5.74) is -1.86. The van der Waals surface area contributed by atoms with Crippen LogP contribution in [-0.4, -0.2) is 39.4 Å². The molecule has 2 aliphatic heterocycles. The number of hydrogen-bond donors (Lipinski definition) is 2. The average molecular weight is 436 g/mol. The maximum atomic E-state index is 13.6. The molecule has 11 heteroatoms. The number of rotatable bonds is 9. The molecule has 1 aromatic rings. The third-order valence-corrected chi connectivity index (χ3v) is 6.98. The predicted molar refractivity (Wildman–Crippen MR) is 105 cm³/mol. The Bertz CT molecular complexity index is 795. The Morgan fingerprint density at radius 2 is 2.00 bits per heavy atom. The van der Waals surface area contributed by atoms with Crippen molar-refractivity contribution >= 4 is 8.17 Å².